The van der Waals surface area contributed by atoms with Gasteiger partial charge in [0.1, 0.15) is 23.6 Å². The van der Waals surface area contributed by atoms with Gasteiger partial charge < -0.3 is 15.4 Å². The molecule has 1 aliphatic carbocycles. The zero-order valence-corrected chi connectivity index (χ0v) is 19.5. The molecule has 0 spiro atoms. The number of nitrogens with zero attached hydrogens (tertiary/aromatic N) is 2. The fourth-order valence-corrected chi connectivity index (χ4v) is 4.88. The van der Waals surface area contributed by atoms with Crippen LogP contribution in [0.5, 0.6) is 5.75 Å². The topological polar surface area (TPSA) is 104 Å². The second kappa shape index (κ2) is 9.40. The van der Waals surface area contributed by atoms with Crippen LogP contribution in [-0.4, -0.2) is 28.4 Å². The zero-order chi connectivity index (χ0) is 23.6. The first kappa shape index (κ1) is 23.1. The largest absolute Gasteiger partial charge is 0.487 e. The van der Waals surface area contributed by atoms with Crippen LogP contribution in [0.1, 0.15) is 51.5 Å². The number of hydrogen-bond donors (Lipinski definition) is 2. The molecule has 8 heteroatoms. The SMILES string of the molecule is CC1(C)Cc2cccc(-c3cc(NC(=O)[C@H]4CCC[C@@H](NC(=O)CC#N)C4)ncc3Cl)c2O1. The molecule has 2 heterocycles. The number of carbonyl (C=O) groups is 2. The van der Waals surface area contributed by atoms with Gasteiger partial charge in [-0.25, -0.2) is 4.98 Å². The van der Waals surface area contributed by atoms with Crippen LogP contribution >= 0.6 is 11.6 Å². The quantitative estimate of drug-likeness (QED) is 0.667. The molecule has 0 radical (unpaired) electrons. The summed E-state index contributed by atoms with van der Waals surface area (Å²) < 4.78 is 6.19. The molecular formula is C25H27ClN4O3. The third-order valence-electron chi connectivity index (χ3n) is 6.14. The number of pyridine rings is 1. The molecule has 0 unspecified atom stereocenters. The van der Waals surface area contributed by atoms with E-state index in [1.807, 2.05) is 18.2 Å². The lowest BCUT2D eigenvalue weighted by Crippen LogP contribution is -2.40. The summed E-state index contributed by atoms with van der Waals surface area (Å²) >= 11 is 6.49. The Hall–Kier alpha value is -3.11. The molecule has 33 heavy (non-hydrogen) atoms. The molecule has 1 saturated carbocycles. The average Bonchev–Trinajstić information content (AvgIpc) is 3.09. The molecule has 2 amide bonds. The van der Waals surface area contributed by atoms with Gasteiger partial charge in [0.05, 0.1) is 11.1 Å². The Morgan fingerprint density at radius 1 is 1.30 bits per heavy atom. The molecule has 172 valence electrons. The fraction of sp³-hybridized carbons (Fsp3) is 0.440. The van der Waals surface area contributed by atoms with Gasteiger partial charge in [0.15, 0.2) is 0 Å². The number of nitrogens with one attached hydrogen (secondary N) is 2. The van der Waals surface area contributed by atoms with Gasteiger partial charge in [-0.2, -0.15) is 5.26 Å². The molecule has 1 aromatic carbocycles. The van der Waals surface area contributed by atoms with Crippen LogP contribution in [-0.2, 0) is 16.0 Å². The summed E-state index contributed by atoms with van der Waals surface area (Å²) in [6.07, 6.45) is 5.10. The van der Waals surface area contributed by atoms with Crippen LogP contribution < -0.4 is 15.4 Å². The summed E-state index contributed by atoms with van der Waals surface area (Å²) in [5, 5.41) is 14.9. The molecule has 1 aliphatic heterocycles. The number of benzene rings is 1. The summed E-state index contributed by atoms with van der Waals surface area (Å²) in [5.41, 5.74) is 2.47. The van der Waals surface area contributed by atoms with Crippen molar-refractivity contribution in [1.29, 1.82) is 5.26 Å². The van der Waals surface area contributed by atoms with Crippen molar-refractivity contribution in [3.8, 4) is 22.9 Å². The van der Waals surface area contributed by atoms with Crippen LogP contribution in [0.3, 0.4) is 0 Å². The van der Waals surface area contributed by atoms with Crippen molar-refractivity contribution in [3.05, 3.63) is 41.0 Å². The minimum atomic E-state index is -0.298. The second-order valence-corrected chi connectivity index (χ2v) is 9.74. The highest BCUT2D eigenvalue weighted by atomic mass is 35.5. The van der Waals surface area contributed by atoms with Crippen molar-refractivity contribution in [2.45, 2.75) is 64.0 Å². The van der Waals surface area contributed by atoms with Gasteiger partial charge in [0.2, 0.25) is 11.8 Å². The predicted octanol–water partition coefficient (Wildman–Crippen LogP) is 4.64. The van der Waals surface area contributed by atoms with Crippen molar-refractivity contribution in [1.82, 2.24) is 10.3 Å². The van der Waals surface area contributed by atoms with E-state index in [2.05, 4.69) is 35.5 Å². The van der Waals surface area contributed by atoms with E-state index in [-0.39, 0.29) is 35.8 Å². The van der Waals surface area contributed by atoms with E-state index in [1.165, 1.54) is 6.20 Å². The minimum absolute atomic E-state index is 0.100. The number of ether oxygens (including phenoxy) is 1. The standard InChI is InChI=1S/C25H27ClN4O3/c1-25(2)13-16-6-4-8-18(23(16)33-25)19-12-21(28-14-20(19)26)30-24(32)15-5-3-7-17(11-15)29-22(31)9-10-27/h4,6,8,12,14-15,17H,3,5,7,9,11,13H2,1-2H3,(H,29,31)(H,28,30,32)/t15-,17+/m0/s1. The normalized spacial score (nSPS) is 20.8. The molecule has 4 rings (SSSR count). The van der Waals surface area contributed by atoms with E-state index >= 15 is 0 Å². The zero-order valence-electron chi connectivity index (χ0n) is 18.8. The van der Waals surface area contributed by atoms with E-state index in [4.69, 9.17) is 21.6 Å². The monoisotopic (exact) mass is 466 g/mol. The van der Waals surface area contributed by atoms with Crippen LogP contribution in [0.25, 0.3) is 11.1 Å². The van der Waals surface area contributed by atoms with Crippen molar-refractivity contribution in [2.75, 3.05) is 5.32 Å². The first-order valence-electron chi connectivity index (χ1n) is 11.2. The van der Waals surface area contributed by atoms with Crippen LogP contribution in [0.4, 0.5) is 5.82 Å². The average molecular weight is 467 g/mol. The molecular weight excluding hydrogens is 440 g/mol. The lowest BCUT2D eigenvalue weighted by atomic mass is 9.85. The van der Waals surface area contributed by atoms with E-state index in [1.54, 1.807) is 6.07 Å². The van der Waals surface area contributed by atoms with E-state index in [0.29, 0.717) is 17.3 Å². The van der Waals surface area contributed by atoms with E-state index < -0.39 is 0 Å². The van der Waals surface area contributed by atoms with Crippen molar-refractivity contribution in [3.63, 3.8) is 0 Å². The number of aromatic nitrogens is 1. The first-order chi connectivity index (χ1) is 15.8. The molecule has 2 aromatic rings. The van der Waals surface area contributed by atoms with E-state index in [0.717, 1.165) is 48.1 Å². The maximum atomic E-state index is 13.0. The van der Waals surface area contributed by atoms with Gasteiger partial charge in [-0.05, 0) is 44.7 Å². The molecule has 2 atom stereocenters. The maximum absolute atomic E-state index is 13.0. The Morgan fingerprint density at radius 2 is 2.12 bits per heavy atom. The highest BCUT2D eigenvalue weighted by Gasteiger charge is 2.32. The number of nitriles is 1. The third-order valence-corrected chi connectivity index (χ3v) is 6.44. The van der Waals surface area contributed by atoms with Crippen molar-refractivity contribution in [2.24, 2.45) is 5.92 Å². The minimum Gasteiger partial charge on any atom is -0.487 e. The number of halogens is 1. The summed E-state index contributed by atoms with van der Waals surface area (Å²) in [4.78, 5) is 29.0. The number of anilines is 1. The van der Waals surface area contributed by atoms with Gasteiger partial charge in [0, 0.05) is 35.7 Å². The van der Waals surface area contributed by atoms with Crippen LogP contribution in [0.15, 0.2) is 30.5 Å². The first-order valence-corrected chi connectivity index (χ1v) is 11.6. The van der Waals surface area contributed by atoms with Crippen molar-refractivity contribution >= 4 is 29.2 Å². The number of rotatable bonds is 5. The summed E-state index contributed by atoms with van der Waals surface area (Å²) in [6, 6.07) is 9.52. The van der Waals surface area contributed by atoms with Gasteiger partial charge in [-0.3, -0.25) is 9.59 Å². The number of carbonyl (C=O) groups excluding carboxylic acids is 2. The maximum Gasteiger partial charge on any atom is 0.234 e. The number of hydrogen-bond acceptors (Lipinski definition) is 5. The van der Waals surface area contributed by atoms with Crippen molar-refractivity contribution < 1.29 is 14.3 Å². The molecule has 1 fully saturated rings. The highest BCUT2D eigenvalue weighted by Crippen LogP contribution is 2.44. The number of amides is 2. The Kier molecular flexibility index (Phi) is 6.57. The van der Waals surface area contributed by atoms with Gasteiger partial charge >= 0.3 is 0 Å². The Balaban J connectivity index is 1.49. The summed E-state index contributed by atoms with van der Waals surface area (Å²) in [6.45, 7) is 4.10. The third kappa shape index (κ3) is 5.28. The van der Waals surface area contributed by atoms with Gasteiger partial charge in [-0.15, -0.1) is 0 Å². The summed E-state index contributed by atoms with van der Waals surface area (Å²) in [5.74, 6) is 0.567. The van der Waals surface area contributed by atoms with Crippen LogP contribution in [0, 0.1) is 17.2 Å². The Bertz CT molecular complexity index is 1130. The second-order valence-electron chi connectivity index (χ2n) is 9.33. The lowest BCUT2D eigenvalue weighted by molar-refractivity contribution is -0.124. The molecule has 2 aliphatic rings. The Labute approximate surface area is 198 Å². The molecule has 7 nitrogen and oxygen atoms in total. The molecule has 0 bridgehead atoms. The smallest absolute Gasteiger partial charge is 0.234 e. The predicted molar refractivity (Wildman–Crippen MR) is 126 cm³/mol. The fourth-order valence-electron chi connectivity index (χ4n) is 4.68. The lowest BCUT2D eigenvalue weighted by Gasteiger charge is -2.28. The molecule has 1 aromatic heterocycles. The van der Waals surface area contributed by atoms with Gasteiger partial charge in [0.25, 0.3) is 0 Å². The Morgan fingerprint density at radius 3 is 2.91 bits per heavy atom. The number of fused-ring (bicyclic) bond motifs is 1. The number of para-hydroxylation sites is 1. The van der Waals surface area contributed by atoms with Gasteiger partial charge in [-0.1, -0.05) is 36.2 Å². The molecule has 2 N–H and O–H groups in total. The highest BCUT2D eigenvalue weighted by molar-refractivity contribution is 6.33. The van der Waals surface area contributed by atoms with E-state index in [9.17, 15) is 9.59 Å². The van der Waals surface area contributed by atoms with Crippen LogP contribution in [0.2, 0.25) is 5.02 Å². The summed E-state index contributed by atoms with van der Waals surface area (Å²) in [7, 11) is 0. The molecule has 0 saturated heterocycles.